The monoisotopic (exact) mass is 404 g/mol. The molecule has 0 aliphatic carbocycles. The molecule has 28 heavy (non-hydrogen) atoms. The van der Waals surface area contributed by atoms with Gasteiger partial charge in [-0.25, -0.2) is 4.79 Å². The Bertz CT molecular complexity index is 808. The molecule has 2 rings (SSSR count). The summed E-state index contributed by atoms with van der Waals surface area (Å²) in [6.45, 7) is 6.05. The summed E-state index contributed by atoms with van der Waals surface area (Å²) in [4.78, 5) is 24.4. The molecule has 6 nitrogen and oxygen atoms in total. The summed E-state index contributed by atoms with van der Waals surface area (Å²) in [7, 11) is 0. The zero-order valence-electron chi connectivity index (χ0n) is 16.5. The van der Waals surface area contributed by atoms with E-state index in [2.05, 4.69) is 16.0 Å². The number of nitrogens with two attached hydrogens (primary N) is 1. The van der Waals surface area contributed by atoms with Crippen LogP contribution < -0.4 is 21.7 Å². The second kappa shape index (κ2) is 10.7. The summed E-state index contributed by atoms with van der Waals surface area (Å²) >= 11 is 0. The smallest absolute Gasteiger partial charge is 0.323 e. The average Bonchev–Trinajstić information content (AvgIpc) is 2.59. The van der Waals surface area contributed by atoms with Gasteiger partial charge < -0.3 is 21.7 Å². The third-order valence-corrected chi connectivity index (χ3v) is 4.20. The molecule has 5 N–H and O–H groups in total. The van der Waals surface area contributed by atoms with Gasteiger partial charge in [0.1, 0.15) is 0 Å². The number of carbonyl (C=O) groups excluding carboxylic acids is 2. The van der Waals surface area contributed by atoms with Gasteiger partial charge in [-0.15, -0.1) is 12.4 Å². The third kappa shape index (κ3) is 7.21. The molecule has 152 valence electrons. The maximum atomic E-state index is 12.2. The van der Waals surface area contributed by atoms with Crippen LogP contribution in [0.2, 0.25) is 0 Å². The van der Waals surface area contributed by atoms with Gasteiger partial charge in [-0.05, 0) is 55.7 Å². The van der Waals surface area contributed by atoms with E-state index in [4.69, 9.17) is 5.73 Å². The molecule has 0 spiro atoms. The van der Waals surface area contributed by atoms with Crippen LogP contribution in [0.15, 0.2) is 48.5 Å². The molecule has 0 saturated carbocycles. The van der Waals surface area contributed by atoms with Crippen molar-refractivity contribution in [3.8, 4) is 0 Å². The lowest BCUT2D eigenvalue weighted by atomic mass is 9.96. The number of aryl methyl sites for hydroxylation is 1. The van der Waals surface area contributed by atoms with Crippen LogP contribution in [0, 0.1) is 6.92 Å². The molecule has 2 aromatic rings. The molecule has 7 heteroatoms. The zero-order valence-corrected chi connectivity index (χ0v) is 17.4. The Hall–Kier alpha value is -2.57. The van der Waals surface area contributed by atoms with Gasteiger partial charge in [-0.3, -0.25) is 4.79 Å². The first-order chi connectivity index (χ1) is 12.8. The van der Waals surface area contributed by atoms with E-state index in [1.807, 2.05) is 56.3 Å². The number of anilines is 2. The number of halogens is 1. The van der Waals surface area contributed by atoms with E-state index in [1.54, 1.807) is 13.0 Å². The summed E-state index contributed by atoms with van der Waals surface area (Å²) in [5.74, 6) is -0.181. The van der Waals surface area contributed by atoms with E-state index in [9.17, 15) is 9.59 Å². The summed E-state index contributed by atoms with van der Waals surface area (Å²) in [6.07, 6.45) is 1.47. The number of rotatable bonds is 7. The van der Waals surface area contributed by atoms with Gasteiger partial charge in [0.05, 0.1) is 5.54 Å². The number of amides is 3. The first-order valence-corrected chi connectivity index (χ1v) is 9.11. The van der Waals surface area contributed by atoms with Gasteiger partial charge in [0.25, 0.3) is 0 Å². The van der Waals surface area contributed by atoms with Crippen LogP contribution in [0.25, 0.3) is 0 Å². The van der Waals surface area contributed by atoms with E-state index >= 15 is 0 Å². The third-order valence-electron chi connectivity index (χ3n) is 4.20. The molecule has 0 fully saturated rings. The number of hydrogen-bond acceptors (Lipinski definition) is 3. The van der Waals surface area contributed by atoms with E-state index in [0.717, 1.165) is 23.2 Å². The molecule has 0 saturated heterocycles. The van der Waals surface area contributed by atoms with Crippen LogP contribution >= 0.6 is 12.4 Å². The Kier molecular flexibility index (Phi) is 8.96. The highest BCUT2D eigenvalue weighted by Gasteiger charge is 2.26. The standard InChI is InChI=1S/C21H28N4O2.ClH/c1-4-11-21(3,22)19(26)23-14-16-8-6-10-18(13-16)25-20(27)24-17-9-5-7-15(2)12-17;/h5-10,12-13H,4,11,14,22H2,1-3H3,(H,23,26)(H2,24,25,27);1H. The lowest BCUT2D eigenvalue weighted by Gasteiger charge is -2.22. The minimum absolute atomic E-state index is 0. The van der Waals surface area contributed by atoms with Crippen LogP contribution in [0.4, 0.5) is 16.2 Å². The zero-order chi connectivity index (χ0) is 19.9. The normalized spacial score (nSPS) is 12.3. The predicted molar refractivity (Wildman–Crippen MR) is 117 cm³/mol. The van der Waals surface area contributed by atoms with E-state index in [0.29, 0.717) is 18.7 Å². The number of benzene rings is 2. The minimum atomic E-state index is -0.877. The van der Waals surface area contributed by atoms with Crippen molar-refractivity contribution in [3.63, 3.8) is 0 Å². The summed E-state index contributed by atoms with van der Waals surface area (Å²) in [5.41, 5.74) is 8.49. The van der Waals surface area contributed by atoms with Crippen LogP contribution in [-0.2, 0) is 11.3 Å². The topological polar surface area (TPSA) is 96.2 Å². The van der Waals surface area contributed by atoms with Crippen LogP contribution in [0.5, 0.6) is 0 Å². The molecule has 0 aliphatic rings. The largest absolute Gasteiger partial charge is 0.350 e. The van der Waals surface area contributed by atoms with E-state index in [1.165, 1.54) is 0 Å². The average molecular weight is 405 g/mol. The Labute approximate surface area is 172 Å². The summed E-state index contributed by atoms with van der Waals surface area (Å²) in [5, 5.41) is 8.46. The first-order valence-electron chi connectivity index (χ1n) is 9.11. The van der Waals surface area contributed by atoms with Gasteiger partial charge in [-0.1, -0.05) is 37.6 Å². The fourth-order valence-electron chi connectivity index (χ4n) is 2.79. The Morgan fingerprint density at radius 3 is 2.25 bits per heavy atom. The van der Waals surface area contributed by atoms with Crippen molar-refractivity contribution in [2.24, 2.45) is 5.73 Å². The first kappa shape index (κ1) is 23.5. The highest BCUT2D eigenvalue weighted by atomic mass is 35.5. The van der Waals surface area contributed by atoms with Crippen molar-refractivity contribution < 1.29 is 9.59 Å². The van der Waals surface area contributed by atoms with Crippen molar-refractivity contribution in [2.45, 2.75) is 45.7 Å². The van der Waals surface area contributed by atoms with Crippen molar-refractivity contribution in [2.75, 3.05) is 10.6 Å². The second-order valence-corrected chi connectivity index (χ2v) is 7.00. The molecule has 3 amide bonds. The van der Waals surface area contributed by atoms with Crippen molar-refractivity contribution in [1.29, 1.82) is 0 Å². The molecule has 0 heterocycles. The SMILES string of the molecule is CCCC(C)(N)C(=O)NCc1cccc(NC(=O)Nc2cccc(C)c2)c1.Cl. The maximum Gasteiger partial charge on any atom is 0.323 e. The number of carbonyl (C=O) groups is 2. The van der Waals surface area contributed by atoms with Crippen molar-refractivity contribution >= 4 is 35.7 Å². The van der Waals surface area contributed by atoms with Crippen LogP contribution in [-0.4, -0.2) is 17.5 Å². The number of urea groups is 1. The Morgan fingerprint density at radius 1 is 1.04 bits per heavy atom. The molecular formula is C21H29ClN4O2. The van der Waals surface area contributed by atoms with E-state index < -0.39 is 5.54 Å². The molecule has 1 unspecified atom stereocenters. The number of nitrogens with one attached hydrogen (secondary N) is 3. The lowest BCUT2D eigenvalue weighted by Crippen LogP contribution is -2.51. The molecule has 2 aromatic carbocycles. The van der Waals surface area contributed by atoms with Gasteiger partial charge in [0, 0.05) is 17.9 Å². The van der Waals surface area contributed by atoms with Gasteiger partial charge >= 0.3 is 6.03 Å². The maximum absolute atomic E-state index is 12.2. The molecule has 0 aliphatic heterocycles. The quantitative estimate of drug-likeness (QED) is 0.557. The molecule has 0 aromatic heterocycles. The Morgan fingerprint density at radius 2 is 1.64 bits per heavy atom. The predicted octanol–water partition coefficient (Wildman–Crippen LogP) is 4.19. The second-order valence-electron chi connectivity index (χ2n) is 7.00. The summed E-state index contributed by atoms with van der Waals surface area (Å²) < 4.78 is 0. The number of hydrogen-bond donors (Lipinski definition) is 4. The molecule has 0 bridgehead atoms. The van der Waals surface area contributed by atoms with Gasteiger partial charge in [0.2, 0.25) is 5.91 Å². The molecule has 1 atom stereocenters. The highest BCUT2D eigenvalue weighted by molar-refractivity contribution is 5.99. The van der Waals surface area contributed by atoms with Crippen molar-refractivity contribution in [1.82, 2.24) is 5.32 Å². The van der Waals surface area contributed by atoms with Gasteiger partial charge in [-0.2, -0.15) is 0 Å². The molecular weight excluding hydrogens is 376 g/mol. The Balaban J connectivity index is 0.00000392. The van der Waals surface area contributed by atoms with Crippen LogP contribution in [0.3, 0.4) is 0 Å². The minimum Gasteiger partial charge on any atom is -0.350 e. The fraction of sp³-hybridized carbons (Fsp3) is 0.333. The van der Waals surface area contributed by atoms with Crippen LogP contribution in [0.1, 0.15) is 37.8 Å². The highest BCUT2D eigenvalue weighted by Crippen LogP contribution is 2.14. The van der Waals surface area contributed by atoms with Gasteiger partial charge in [0.15, 0.2) is 0 Å². The fourth-order valence-corrected chi connectivity index (χ4v) is 2.79. The van der Waals surface area contributed by atoms with Crippen molar-refractivity contribution in [3.05, 3.63) is 59.7 Å². The lowest BCUT2D eigenvalue weighted by molar-refractivity contribution is -0.126. The summed E-state index contributed by atoms with van der Waals surface area (Å²) in [6, 6.07) is 14.6. The van der Waals surface area contributed by atoms with E-state index in [-0.39, 0.29) is 24.3 Å². The molecule has 0 radical (unpaired) electrons.